The van der Waals surface area contributed by atoms with E-state index in [1.54, 1.807) is 18.2 Å². The Morgan fingerprint density at radius 3 is 2.07 bits per heavy atom. The maximum absolute atomic E-state index is 14.6. The van der Waals surface area contributed by atoms with Gasteiger partial charge in [0.1, 0.15) is 24.0 Å². The van der Waals surface area contributed by atoms with Gasteiger partial charge in [-0.2, -0.15) is 0 Å². The van der Waals surface area contributed by atoms with E-state index in [2.05, 4.69) is 0 Å². The zero-order valence-electron chi connectivity index (χ0n) is 15.1. The smallest absolute Gasteiger partial charge is 0.131 e. The summed E-state index contributed by atoms with van der Waals surface area (Å²) in [6.45, 7) is 0.497. The third-order valence-corrected chi connectivity index (χ3v) is 4.54. The predicted molar refractivity (Wildman–Crippen MR) is 108 cm³/mol. The van der Waals surface area contributed by atoms with Crippen molar-refractivity contribution in [1.29, 1.82) is 0 Å². The van der Waals surface area contributed by atoms with Crippen LogP contribution in [0, 0.1) is 11.6 Å². The van der Waals surface area contributed by atoms with E-state index in [4.69, 9.17) is 4.74 Å². The molecule has 4 aromatic carbocycles. The predicted octanol–water partition coefficient (Wildman–Crippen LogP) is 6.88. The first-order valence-electron chi connectivity index (χ1n) is 9.02. The molecule has 0 aliphatic carbocycles. The number of ether oxygens (including phenoxy) is 1. The van der Waals surface area contributed by atoms with E-state index in [-0.39, 0.29) is 11.6 Å². The highest BCUT2D eigenvalue weighted by molar-refractivity contribution is 5.71. The molecule has 0 unspecified atom stereocenters. The minimum atomic E-state index is -0.382. The highest BCUT2D eigenvalue weighted by Gasteiger charge is 2.08. The summed E-state index contributed by atoms with van der Waals surface area (Å²) in [5, 5.41) is 0. The molecule has 28 heavy (non-hydrogen) atoms. The van der Waals surface area contributed by atoms with Crippen molar-refractivity contribution in [2.75, 3.05) is 0 Å². The molecule has 0 aliphatic heterocycles. The number of rotatable bonds is 5. The highest BCUT2D eigenvalue weighted by atomic mass is 19.1. The summed E-state index contributed by atoms with van der Waals surface area (Å²) in [5.41, 5.74) is 3.64. The number of hydrogen-bond acceptors (Lipinski definition) is 1. The Bertz CT molecular complexity index is 1070. The fraction of sp³-hybridized carbons (Fsp3) is 0.0400. The first-order valence-corrected chi connectivity index (χ1v) is 9.02. The van der Waals surface area contributed by atoms with Gasteiger partial charge in [-0.3, -0.25) is 0 Å². The van der Waals surface area contributed by atoms with Gasteiger partial charge < -0.3 is 4.74 Å². The average Bonchev–Trinajstić information content (AvgIpc) is 2.73. The molecule has 0 heterocycles. The number of hydrogen-bond donors (Lipinski definition) is 0. The van der Waals surface area contributed by atoms with Crippen molar-refractivity contribution in [1.82, 2.24) is 0 Å². The maximum Gasteiger partial charge on any atom is 0.131 e. The standard InChI is InChI=1S/C25H18F2O/c26-22-8-4-7-21(15-22)24-14-11-20(16-25(24)27)19-9-12-23(13-10-19)28-17-18-5-2-1-3-6-18/h1-16H,17H2. The molecule has 138 valence electrons. The first kappa shape index (κ1) is 17.9. The van der Waals surface area contributed by atoms with Crippen molar-refractivity contribution in [3.63, 3.8) is 0 Å². The van der Waals surface area contributed by atoms with E-state index < -0.39 is 0 Å². The molecule has 3 heteroatoms. The minimum Gasteiger partial charge on any atom is -0.489 e. The molecule has 0 amide bonds. The molecule has 4 rings (SSSR count). The summed E-state index contributed by atoms with van der Waals surface area (Å²) >= 11 is 0. The van der Waals surface area contributed by atoms with E-state index in [1.807, 2.05) is 60.7 Å². The monoisotopic (exact) mass is 372 g/mol. The largest absolute Gasteiger partial charge is 0.489 e. The van der Waals surface area contributed by atoms with E-state index in [9.17, 15) is 8.78 Å². The number of benzene rings is 4. The summed E-state index contributed by atoms with van der Waals surface area (Å²) in [5.74, 6) is -0.0102. The van der Waals surface area contributed by atoms with Gasteiger partial charge in [-0.15, -0.1) is 0 Å². The molecule has 0 atom stereocenters. The van der Waals surface area contributed by atoms with Crippen LogP contribution in [0.25, 0.3) is 22.3 Å². The second-order valence-electron chi connectivity index (χ2n) is 6.50. The quantitative estimate of drug-likeness (QED) is 0.371. The Morgan fingerprint density at radius 2 is 1.36 bits per heavy atom. The van der Waals surface area contributed by atoms with Crippen molar-refractivity contribution >= 4 is 0 Å². The van der Waals surface area contributed by atoms with Crippen LogP contribution in [0.5, 0.6) is 5.75 Å². The lowest BCUT2D eigenvalue weighted by Crippen LogP contribution is -1.94. The summed E-state index contributed by atoms with van der Waals surface area (Å²) in [6, 6.07) is 28.4. The second-order valence-corrected chi connectivity index (χ2v) is 6.50. The van der Waals surface area contributed by atoms with Crippen LogP contribution >= 0.6 is 0 Å². The van der Waals surface area contributed by atoms with Crippen LogP contribution in [0.1, 0.15) is 5.56 Å². The molecule has 0 aromatic heterocycles. The second kappa shape index (κ2) is 8.05. The molecule has 0 saturated carbocycles. The van der Waals surface area contributed by atoms with Crippen LogP contribution < -0.4 is 4.74 Å². The highest BCUT2D eigenvalue weighted by Crippen LogP contribution is 2.29. The van der Waals surface area contributed by atoms with Gasteiger partial charge in [0.15, 0.2) is 0 Å². The Labute approximate surface area is 162 Å². The lowest BCUT2D eigenvalue weighted by molar-refractivity contribution is 0.306. The van der Waals surface area contributed by atoms with E-state index in [1.165, 1.54) is 18.2 Å². The lowest BCUT2D eigenvalue weighted by Gasteiger charge is -2.09. The van der Waals surface area contributed by atoms with Crippen molar-refractivity contribution in [2.45, 2.75) is 6.61 Å². The third-order valence-electron chi connectivity index (χ3n) is 4.54. The van der Waals surface area contributed by atoms with Crippen molar-refractivity contribution < 1.29 is 13.5 Å². The Hall–Kier alpha value is -3.46. The van der Waals surface area contributed by atoms with Gasteiger partial charge in [-0.05, 0) is 52.6 Å². The molecular weight excluding hydrogens is 354 g/mol. The van der Waals surface area contributed by atoms with Gasteiger partial charge in [0, 0.05) is 5.56 Å². The minimum absolute atomic E-state index is 0.381. The lowest BCUT2D eigenvalue weighted by atomic mass is 9.99. The van der Waals surface area contributed by atoms with Gasteiger partial charge >= 0.3 is 0 Å². The molecule has 0 saturated heterocycles. The Balaban J connectivity index is 1.50. The Kier molecular flexibility index (Phi) is 5.16. The van der Waals surface area contributed by atoms with Crippen LogP contribution in [-0.4, -0.2) is 0 Å². The van der Waals surface area contributed by atoms with Crippen LogP contribution in [-0.2, 0) is 6.61 Å². The van der Waals surface area contributed by atoms with Crippen molar-refractivity contribution in [3.8, 4) is 28.0 Å². The molecule has 4 aromatic rings. The normalized spacial score (nSPS) is 10.6. The van der Waals surface area contributed by atoms with Crippen LogP contribution in [0.4, 0.5) is 8.78 Å². The molecule has 0 aliphatic rings. The summed E-state index contributed by atoms with van der Waals surface area (Å²) in [4.78, 5) is 0. The third kappa shape index (κ3) is 4.09. The molecular formula is C25H18F2O. The van der Waals surface area contributed by atoms with Gasteiger partial charge in [-0.1, -0.05) is 66.7 Å². The molecule has 0 fully saturated rings. The SMILES string of the molecule is Fc1cccc(-c2ccc(-c3ccc(OCc4ccccc4)cc3)cc2F)c1. The zero-order chi connectivity index (χ0) is 19.3. The van der Waals surface area contributed by atoms with Crippen LogP contribution in [0.3, 0.4) is 0 Å². The molecule has 0 radical (unpaired) electrons. The molecule has 0 bridgehead atoms. The van der Waals surface area contributed by atoms with E-state index in [0.29, 0.717) is 17.7 Å². The van der Waals surface area contributed by atoms with Gasteiger partial charge in [0.05, 0.1) is 0 Å². The summed E-state index contributed by atoms with van der Waals surface area (Å²) in [7, 11) is 0. The summed E-state index contributed by atoms with van der Waals surface area (Å²) < 4.78 is 33.8. The van der Waals surface area contributed by atoms with Gasteiger partial charge in [0.2, 0.25) is 0 Å². The van der Waals surface area contributed by atoms with Crippen molar-refractivity contribution in [3.05, 3.63) is 114 Å². The Morgan fingerprint density at radius 1 is 0.607 bits per heavy atom. The molecule has 0 N–H and O–H groups in total. The van der Waals surface area contributed by atoms with Crippen LogP contribution in [0.2, 0.25) is 0 Å². The zero-order valence-corrected chi connectivity index (χ0v) is 15.1. The van der Waals surface area contributed by atoms with E-state index in [0.717, 1.165) is 22.4 Å². The fourth-order valence-corrected chi connectivity index (χ4v) is 3.07. The van der Waals surface area contributed by atoms with E-state index >= 15 is 0 Å². The fourth-order valence-electron chi connectivity index (χ4n) is 3.07. The summed E-state index contributed by atoms with van der Waals surface area (Å²) in [6.07, 6.45) is 0. The maximum atomic E-state index is 14.6. The average molecular weight is 372 g/mol. The molecule has 0 spiro atoms. The number of halogens is 2. The van der Waals surface area contributed by atoms with Gasteiger partial charge in [-0.25, -0.2) is 8.78 Å². The van der Waals surface area contributed by atoms with Gasteiger partial charge in [0.25, 0.3) is 0 Å². The first-order chi connectivity index (χ1) is 13.7. The van der Waals surface area contributed by atoms with Crippen LogP contribution in [0.15, 0.2) is 97.1 Å². The van der Waals surface area contributed by atoms with Crippen molar-refractivity contribution in [2.24, 2.45) is 0 Å². The molecule has 1 nitrogen and oxygen atoms in total. The topological polar surface area (TPSA) is 9.23 Å².